The van der Waals surface area contributed by atoms with Gasteiger partial charge in [0.15, 0.2) is 0 Å². The average Bonchev–Trinajstić information content (AvgIpc) is 3.10. The first-order valence-corrected chi connectivity index (χ1v) is 14.4. The fraction of sp³-hybridized carbons (Fsp3) is 0.920. The summed E-state index contributed by atoms with van der Waals surface area (Å²) in [7, 11) is -2.00. The van der Waals surface area contributed by atoms with Crippen molar-refractivity contribution in [2.24, 2.45) is 17.8 Å². The minimum atomic E-state index is -2.00. The molecule has 2 heterocycles. The van der Waals surface area contributed by atoms with E-state index in [0.717, 1.165) is 12.8 Å². The molecule has 2 aliphatic heterocycles. The number of hydrogen-bond donors (Lipinski definition) is 1. The third kappa shape index (κ3) is 3.81. The summed E-state index contributed by atoms with van der Waals surface area (Å²) < 4.78 is 14.0. The summed E-state index contributed by atoms with van der Waals surface area (Å²) in [6.45, 7) is 18.7. The molecule has 0 aromatic rings. The minimum Gasteiger partial charge on any atom is -0.412 e. The summed E-state index contributed by atoms with van der Waals surface area (Å²) in [6.07, 6.45) is 10.2. The number of fused-ring (bicyclic) bond motifs is 2. The van der Waals surface area contributed by atoms with Crippen molar-refractivity contribution in [3.8, 4) is 0 Å². The van der Waals surface area contributed by atoms with Crippen molar-refractivity contribution >= 4 is 8.32 Å². The quantitative estimate of drug-likeness (QED) is 0.377. The van der Waals surface area contributed by atoms with Crippen LogP contribution in [-0.2, 0) is 9.16 Å². The molecule has 0 amide bonds. The molecule has 6 atom stereocenters. The number of hydrogen-bond acceptors (Lipinski definition) is 3. The summed E-state index contributed by atoms with van der Waals surface area (Å²) in [5.74, 6) is 0.831. The highest BCUT2D eigenvalue weighted by Gasteiger charge is 2.60. The van der Waals surface area contributed by atoms with Crippen LogP contribution in [0.25, 0.3) is 0 Å². The van der Waals surface area contributed by atoms with Crippen LogP contribution in [-0.4, -0.2) is 37.3 Å². The SMILES string of the molecule is CC(C)[Si](O[C@@H]1[C@H](C)[C@H]2C=C[C@]([C@@H](O)C3CCCCC3)(O2)[C@@H]1C)(C(C)C)C(C)C. The predicted octanol–water partition coefficient (Wildman–Crippen LogP) is 6.47. The molecule has 3 aliphatic rings. The van der Waals surface area contributed by atoms with Crippen molar-refractivity contribution in [2.75, 3.05) is 0 Å². The smallest absolute Gasteiger partial charge is 0.200 e. The lowest BCUT2D eigenvalue weighted by molar-refractivity contribution is -0.217. The first-order chi connectivity index (χ1) is 13.6. The Kier molecular flexibility index (Phi) is 7.10. The van der Waals surface area contributed by atoms with Crippen molar-refractivity contribution in [2.45, 2.75) is 128 Å². The highest BCUT2D eigenvalue weighted by molar-refractivity contribution is 6.77. The van der Waals surface area contributed by atoms with Crippen molar-refractivity contribution in [1.82, 2.24) is 0 Å². The molecule has 1 N–H and O–H groups in total. The van der Waals surface area contributed by atoms with Crippen LogP contribution in [0.2, 0.25) is 16.6 Å². The molecule has 0 spiro atoms. The predicted molar refractivity (Wildman–Crippen MR) is 124 cm³/mol. The molecule has 1 aliphatic carbocycles. The van der Waals surface area contributed by atoms with Gasteiger partial charge in [-0.3, -0.25) is 0 Å². The molecular weight excluding hydrogens is 376 g/mol. The highest BCUT2D eigenvalue weighted by Crippen LogP contribution is 2.52. The van der Waals surface area contributed by atoms with Gasteiger partial charge in [0.2, 0.25) is 8.32 Å². The second-order valence-electron chi connectivity index (χ2n) is 11.2. The maximum Gasteiger partial charge on any atom is 0.200 e. The molecule has 0 aromatic carbocycles. The Morgan fingerprint density at radius 1 is 0.966 bits per heavy atom. The van der Waals surface area contributed by atoms with Gasteiger partial charge in [0, 0.05) is 11.8 Å². The van der Waals surface area contributed by atoms with Crippen LogP contribution in [0.5, 0.6) is 0 Å². The molecule has 168 valence electrons. The number of ether oxygens (including phenoxy) is 1. The molecule has 4 heteroatoms. The van der Waals surface area contributed by atoms with E-state index in [2.05, 4.69) is 67.5 Å². The van der Waals surface area contributed by atoms with Crippen LogP contribution in [0.15, 0.2) is 12.2 Å². The normalized spacial score (nSPS) is 37.1. The van der Waals surface area contributed by atoms with Gasteiger partial charge in [-0.1, -0.05) is 86.8 Å². The summed E-state index contributed by atoms with van der Waals surface area (Å²) >= 11 is 0. The van der Waals surface area contributed by atoms with Crippen molar-refractivity contribution < 1.29 is 14.3 Å². The molecule has 1 saturated heterocycles. The van der Waals surface area contributed by atoms with Gasteiger partial charge in [0.25, 0.3) is 0 Å². The molecule has 0 radical (unpaired) electrons. The second kappa shape index (κ2) is 8.76. The lowest BCUT2D eigenvalue weighted by Crippen LogP contribution is -2.63. The van der Waals surface area contributed by atoms with Crippen LogP contribution < -0.4 is 0 Å². The van der Waals surface area contributed by atoms with Crippen molar-refractivity contribution in [3.63, 3.8) is 0 Å². The summed E-state index contributed by atoms with van der Waals surface area (Å²) in [5, 5.41) is 11.6. The Labute approximate surface area is 180 Å². The van der Waals surface area contributed by atoms with E-state index in [4.69, 9.17) is 9.16 Å². The zero-order valence-corrected chi connectivity index (χ0v) is 21.2. The highest BCUT2D eigenvalue weighted by atomic mass is 28.4. The number of rotatable bonds is 7. The fourth-order valence-electron chi connectivity index (χ4n) is 7.11. The number of aliphatic hydroxyl groups excluding tert-OH is 1. The van der Waals surface area contributed by atoms with Crippen LogP contribution in [0.3, 0.4) is 0 Å². The van der Waals surface area contributed by atoms with E-state index in [1.807, 2.05) is 0 Å². The van der Waals surface area contributed by atoms with Crippen LogP contribution in [0.4, 0.5) is 0 Å². The standard InChI is InChI=1S/C25H46O3Si/c1-16(2)29(17(3)4,18(5)6)28-23-19(7)22-14-15-25(27-22,20(23)8)24(26)21-12-10-9-11-13-21/h14-24,26H,9-13H2,1-8H3/t19-,20-,22-,23-,24+,25+/m1/s1. The molecule has 0 aromatic heterocycles. The van der Waals surface area contributed by atoms with Gasteiger partial charge in [0.1, 0.15) is 5.60 Å². The van der Waals surface area contributed by atoms with Gasteiger partial charge in [-0.2, -0.15) is 0 Å². The Morgan fingerprint density at radius 2 is 1.52 bits per heavy atom. The Bertz CT molecular complexity index is 559. The summed E-state index contributed by atoms with van der Waals surface area (Å²) in [6, 6.07) is 0. The topological polar surface area (TPSA) is 38.7 Å². The van der Waals surface area contributed by atoms with E-state index in [1.165, 1.54) is 19.3 Å². The fourth-order valence-corrected chi connectivity index (χ4v) is 12.8. The molecule has 3 rings (SSSR count). The molecule has 1 saturated carbocycles. The van der Waals surface area contributed by atoms with Crippen molar-refractivity contribution in [1.29, 1.82) is 0 Å². The Morgan fingerprint density at radius 3 is 2.03 bits per heavy atom. The van der Waals surface area contributed by atoms with Gasteiger partial charge in [-0.25, -0.2) is 0 Å². The molecule has 2 bridgehead atoms. The lowest BCUT2D eigenvalue weighted by Gasteiger charge is -2.54. The maximum absolute atomic E-state index is 11.6. The summed E-state index contributed by atoms with van der Waals surface area (Å²) in [4.78, 5) is 0. The van der Waals surface area contributed by atoms with E-state index in [0.29, 0.717) is 28.5 Å². The van der Waals surface area contributed by atoms with E-state index in [-0.39, 0.29) is 18.1 Å². The zero-order valence-electron chi connectivity index (χ0n) is 20.2. The van der Waals surface area contributed by atoms with Gasteiger partial charge >= 0.3 is 0 Å². The lowest BCUT2D eigenvalue weighted by atomic mass is 9.70. The maximum atomic E-state index is 11.6. The van der Waals surface area contributed by atoms with E-state index >= 15 is 0 Å². The molecule has 29 heavy (non-hydrogen) atoms. The third-order valence-electron chi connectivity index (χ3n) is 8.73. The molecule has 0 unspecified atom stereocenters. The molecule has 2 fully saturated rings. The average molecular weight is 423 g/mol. The Hall–Kier alpha value is -0.163. The summed E-state index contributed by atoms with van der Waals surface area (Å²) in [5.41, 5.74) is 1.12. The first-order valence-electron chi connectivity index (χ1n) is 12.3. The minimum absolute atomic E-state index is 0.0626. The zero-order chi connectivity index (χ0) is 21.6. The van der Waals surface area contributed by atoms with E-state index in [1.54, 1.807) is 0 Å². The third-order valence-corrected chi connectivity index (χ3v) is 14.8. The van der Waals surface area contributed by atoms with Crippen LogP contribution in [0.1, 0.15) is 87.5 Å². The first kappa shape index (κ1) is 23.5. The monoisotopic (exact) mass is 422 g/mol. The van der Waals surface area contributed by atoms with E-state index < -0.39 is 20.0 Å². The van der Waals surface area contributed by atoms with Gasteiger partial charge in [-0.05, 0) is 35.4 Å². The van der Waals surface area contributed by atoms with Gasteiger partial charge in [0.05, 0.1) is 18.3 Å². The number of aliphatic hydroxyl groups is 1. The van der Waals surface area contributed by atoms with E-state index in [9.17, 15) is 5.11 Å². The van der Waals surface area contributed by atoms with Gasteiger partial charge < -0.3 is 14.3 Å². The second-order valence-corrected chi connectivity index (χ2v) is 16.6. The van der Waals surface area contributed by atoms with Crippen LogP contribution in [0, 0.1) is 17.8 Å². The molecule has 3 nitrogen and oxygen atoms in total. The van der Waals surface area contributed by atoms with Crippen molar-refractivity contribution in [3.05, 3.63) is 12.2 Å². The molecular formula is C25H46O3Si. The largest absolute Gasteiger partial charge is 0.412 e. The van der Waals surface area contributed by atoms with Gasteiger partial charge in [-0.15, -0.1) is 0 Å². The van der Waals surface area contributed by atoms with Crippen LogP contribution >= 0.6 is 0 Å². The Balaban J connectivity index is 1.92.